The van der Waals surface area contributed by atoms with E-state index in [0.717, 1.165) is 19.3 Å². The van der Waals surface area contributed by atoms with Gasteiger partial charge >= 0.3 is 0 Å². The van der Waals surface area contributed by atoms with Gasteiger partial charge in [-0.05, 0) is 79.6 Å². The number of aryl methyl sites for hydroxylation is 2. The molecule has 1 aliphatic rings. The van der Waals surface area contributed by atoms with Gasteiger partial charge in [0.2, 0.25) is 5.91 Å². The monoisotopic (exact) mass is 373 g/mol. The average Bonchev–Trinajstić information content (AvgIpc) is 3.12. The van der Waals surface area contributed by atoms with Crippen molar-refractivity contribution in [3.05, 3.63) is 59.4 Å². The van der Waals surface area contributed by atoms with Gasteiger partial charge in [0.15, 0.2) is 0 Å². The first-order valence-electron chi connectivity index (χ1n) is 9.10. The molecule has 3 rings (SSSR count). The minimum atomic E-state index is -0.266. The molecule has 2 aromatic carbocycles. The molecule has 0 spiro atoms. The van der Waals surface area contributed by atoms with Crippen molar-refractivity contribution in [3.63, 3.8) is 0 Å². The van der Waals surface area contributed by atoms with Crippen molar-refractivity contribution < 1.29 is 13.9 Å². The van der Waals surface area contributed by atoms with Gasteiger partial charge in [-0.25, -0.2) is 4.39 Å². The highest BCUT2D eigenvalue weighted by Crippen LogP contribution is 2.27. The van der Waals surface area contributed by atoms with Crippen LogP contribution in [0.4, 0.5) is 4.39 Å². The number of unbranched alkanes of at least 4 members (excludes halogenated alkanes) is 1. The van der Waals surface area contributed by atoms with Crippen LogP contribution in [0.5, 0.6) is 5.75 Å². The van der Waals surface area contributed by atoms with Crippen molar-refractivity contribution in [2.75, 3.05) is 18.9 Å². The van der Waals surface area contributed by atoms with Gasteiger partial charge in [-0.1, -0.05) is 6.07 Å². The summed E-state index contributed by atoms with van der Waals surface area (Å²) >= 11 is 1.59. The maximum absolute atomic E-state index is 12.8. The number of ether oxygens (including phenoxy) is 1. The lowest BCUT2D eigenvalue weighted by Crippen LogP contribution is -2.26. The smallest absolute Gasteiger partial charge is 0.230 e. The highest BCUT2D eigenvalue weighted by atomic mass is 32.2. The fraction of sp³-hybridized carbons (Fsp3) is 0.381. The van der Waals surface area contributed by atoms with Crippen LogP contribution >= 0.6 is 11.8 Å². The fourth-order valence-corrected chi connectivity index (χ4v) is 3.80. The number of halogens is 1. The molecule has 2 aromatic rings. The Morgan fingerprint density at radius 1 is 1.08 bits per heavy atom. The molecule has 138 valence electrons. The summed E-state index contributed by atoms with van der Waals surface area (Å²) in [5, 5.41) is 2.95. The van der Waals surface area contributed by atoms with Crippen molar-refractivity contribution in [2.24, 2.45) is 0 Å². The zero-order valence-corrected chi connectivity index (χ0v) is 15.6. The molecule has 1 amide bonds. The minimum absolute atomic E-state index is 0.0648. The second kappa shape index (κ2) is 9.62. The average molecular weight is 373 g/mol. The summed E-state index contributed by atoms with van der Waals surface area (Å²) < 4.78 is 18.3. The quantitative estimate of drug-likeness (QED) is 0.524. The molecule has 0 bridgehead atoms. The third kappa shape index (κ3) is 5.77. The number of hydrogen-bond donors (Lipinski definition) is 1. The number of nitrogens with one attached hydrogen (secondary N) is 1. The molecule has 0 unspecified atom stereocenters. The van der Waals surface area contributed by atoms with Crippen LogP contribution in [0.2, 0.25) is 0 Å². The molecule has 3 nitrogen and oxygen atoms in total. The van der Waals surface area contributed by atoms with Crippen molar-refractivity contribution in [1.82, 2.24) is 5.32 Å². The molecule has 0 heterocycles. The van der Waals surface area contributed by atoms with Crippen LogP contribution in [-0.2, 0) is 17.6 Å². The van der Waals surface area contributed by atoms with Crippen molar-refractivity contribution in [1.29, 1.82) is 0 Å². The Bertz CT molecular complexity index is 733. The fourth-order valence-electron chi connectivity index (χ4n) is 3.01. The van der Waals surface area contributed by atoms with E-state index in [-0.39, 0.29) is 11.7 Å². The zero-order valence-electron chi connectivity index (χ0n) is 14.8. The summed E-state index contributed by atoms with van der Waals surface area (Å²) in [7, 11) is 0. The van der Waals surface area contributed by atoms with Crippen molar-refractivity contribution >= 4 is 17.7 Å². The summed E-state index contributed by atoms with van der Waals surface area (Å²) in [6, 6.07) is 12.6. The van der Waals surface area contributed by atoms with Crippen LogP contribution in [-0.4, -0.2) is 24.8 Å². The maximum atomic E-state index is 12.8. The molecule has 1 aliphatic carbocycles. The maximum Gasteiger partial charge on any atom is 0.230 e. The second-order valence-corrected chi connectivity index (χ2v) is 7.48. The van der Waals surface area contributed by atoms with Crippen LogP contribution in [0.25, 0.3) is 0 Å². The van der Waals surface area contributed by atoms with Crippen LogP contribution in [0, 0.1) is 5.82 Å². The first kappa shape index (κ1) is 18.8. The molecular weight excluding hydrogens is 349 g/mol. The molecule has 0 aromatic heterocycles. The van der Waals surface area contributed by atoms with Crippen LogP contribution in [0.3, 0.4) is 0 Å². The van der Waals surface area contributed by atoms with Crippen molar-refractivity contribution in [3.8, 4) is 5.75 Å². The Balaban J connectivity index is 1.25. The Labute approximate surface area is 158 Å². The number of benzene rings is 2. The first-order valence-corrected chi connectivity index (χ1v) is 10.1. The van der Waals surface area contributed by atoms with E-state index in [2.05, 4.69) is 23.5 Å². The van der Waals surface area contributed by atoms with Crippen LogP contribution in [0.15, 0.2) is 47.4 Å². The Morgan fingerprint density at radius 2 is 1.88 bits per heavy atom. The Hall–Kier alpha value is -2.01. The normalized spacial score (nSPS) is 12.7. The van der Waals surface area contributed by atoms with E-state index in [1.54, 1.807) is 23.9 Å². The zero-order chi connectivity index (χ0) is 18.2. The highest BCUT2D eigenvalue weighted by molar-refractivity contribution is 8.00. The summed E-state index contributed by atoms with van der Waals surface area (Å²) in [5.41, 5.74) is 2.90. The summed E-state index contributed by atoms with van der Waals surface area (Å²) in [6.07, 6.45) is 5.29. The van der Waals surface area contributed by atoms with Gasteiger partial charge in [-0.15, -0.1) is 11.8 Å². The predicted octanol–water partition coefficient (Wildman–Crippen LogP) is 4.38. The molecule has 0 aliphatic heterocycles. The molecule has 0 atom stereocenters. The highest BCUT2D eigenvalue weighted by Gasteiger charge is 2.11. The number of amides is 1. The van der Waals surface area contributed by atoms with Gasteiger partial charge in [0.1, 0.15) is 11.6 Å². The van der Waals surface area contributed by atoms with Gasteiger partial charge in [0.05, 0.1) is 12.4 Å². The summed E-state index contributed by atoms with van der Waals surface area (Å²) in [4.78, 5) is 13.1. The SMILES string of the molecule is O=C(CSc1ccc2c(c1)CCC2)NCCCCOc1ccc(F)cc1. The molecule has 1 N–H and O–H groups in total. The number of carbonyl (C=O) groups excluding carboxylic acids is 1. The van der Waals surface area contributed by atoms with Gasteiger partial charge in [0.25, 0.3) is 0 Å². The topological polar surface area (TPSA) is 38.3 Å². The Morgan fingerprint density at radius 3 is 2.73 bits per heavy atom. The van der Waals surface area contributed by atoms with E-state index in [1.165, 1.54) is 41.0 Å². The van der Waals surface area contributed by atoms with E-state index in [1.807, 2.05) is 0 Å². The molecule has 0 saturated carbocycles. The minimum Gasteiger partial charge on any atom is -0.494 e. The number of carbonyl (C=O) groups is 1. The second-order valence-electron chi connectivity index (χ2n) is 6.43. The van der Waals surface area contributed by atoms with Crippen molar-refractivity contribution in [2.45, 2.75) is 37.0 Å². The van der Waals surface area contributed by atoms with E-state index < -0.39 is 0 Å². The number of rotatable bonds is 9. The lowest BCUT2D eigenvalue weighted by Gasteiger charge is -2.08. The molecule has 0 fully saturated rings. The standard InChI is InChI=1S/C21H24FNO2S/c22-18-7-9-19(10-8-18)25-13-2-1-12-23-21(24)15-26-20-11-6-16-4-3-5-17(16)14-20/h6-11,14H,1-5,12-13,15H2,(H,23,24). The number of thioether (sulfide) groups is 1. The molecule has 0 radical (unpaired) electrons. The van der Waals surface area contributed by atoms with Crippen LogP contribution < -0.4 is 10.1 Å². The lowest BCUT2D eigenvalue weighted by molar-refractivity contribution is -0.118. The predicted molar refractivity (Wildman–Crippen MR) is 103 cm³/mol. The van der Waals surface area contributed by atoms with Gasteiger partial charge in [0, 0.05) is 11.4 Å². The van der Waals surface area contributed by atoms with E-state index in [0.29, 0.717) is 24.7 Å². The summed E-state index contributed by atoms with van der Waals surface area (Å²) in [5.74, 6) is 0.916. The largest absolute Gasteiger partial charge is 0.494 e. The van der Waals surface area contributed by atoms with E-state index >= 15 is 0 Å². The molecular formula is C21H24FNO2S. The number of hydrogen-bond acceptors (Lipinski definition) is 3. The van der Waals surface area contributed by atoms with E-state index in [9.17, 15) is 9.18 Å². The number of fused-ring (bicyclic) bond motifs is 1. The van der Waals surface area contributed by atoms with Crippen LogP contribution in [0.1, 0.15) is 30.4 Å². The summed E-state index contributed by atoms with van der Waals surface area (Å²) in [6.45, 7) is 1.21. The van der Waals surface area contributed by atoms with Gasteiger partial charge in [-0.2, -0.15) is 0 Å². The van der Waals surface area contributed by atoms with Gasteiger partial charge in [-0.3, -0.25) is 4.79 Å². The van der Waals surface area contributed by atoms with E-state index in [4.69, 9.17) is 4.74 Å². The lowest BCUT2D eigenvalue weighted by atomic mass is 10.1. The van der Waals surface area contributed by atoms with Gasteiger partial charge < -0.3 is 10.1 Å². The third-order valence-electron chi connectivity index (χ3n) is 4.42. The Kier molecular flexibility index (Phi) is 6.95. The first-order chi connectivity index (χ1) is 12.7. The molecule has 26 heavy (non-hydrogen) atoms. The molecule has 0 saturated heterocycles. The molecule has 5 heteroatoms. The third-order valence-corrected chi connectivity index (χ3v) is 5.41.